The Morgan fingerprint density at radius 3 is 2.60 bits per heavy atom. The van der Waals surface area contributed by atoms with Crippen molar-refractivity contribution in [3.8, 4) is 0 Å². The molecule has 0 aromatic carbocycles. The van der Waals surface area contributed by atoms with E-state index in [9.17, 15) is 8.76 Å². The number of nitrogens with one attached hydrogen (secondary N) is 1. The SMILES string of the molecule is CC(/C=C\C=C/C(=N)I)C(C)OS(=O)[O-]. The van der Waals surface area contributed by atoms with Crippen molar-refractivity contribution >= 4 is 37.7 Å². The molecule has 6 heteroatoms. The standard InChI is InChI=1S/C9H14INO3S/c1-7(8(2)14-15(12)13)5-3-4-6-9(10)11/h3-8,11H,1-2H3,(H,12,13)/p-1/b5-3-,6-4-,11-9?. The van der Waals surface area contributed by atoms with E-state index >= 15 is 0 Å². The second kappa shape index (κ2) is 8.14. The maximum Gasteiger partial charge on any atom is 0.0919 e. The fourth-order valence-electron chi connectivity index (χ4n) is 0.747. The average Bonchev–Trinajstić information content (AvgIpc) is 2.10. The molecule has 0 saturated carbocycles. The third-order valence-electron chi connectivity index (χ3n) is 1.74. The number of hydrogen-bond donors (Lipinski definition) is 1. The monoisotopic (exact) mass is 342 g/mol. The third kappa shape index (κ3) is 8.91. The van der Waals surface area contributed by atoms with Gasteiger partial charge in [-0.1, -0.05) is 25.2 Å². The zero-order chi connectivity index (χ0) is 11.8. The van der Waals surface area contributed by atoms with Crippen molar-refractivity contribution in [3.05, 3.63) is 24.3 Å². The normalized spacial score (nSPS) is 18.1. The summed E-state index contributed by atoms with van der Waals surface area (Å²) in [7, 11) is 0. The van der Waals surface area contributed by atoms with Crippen LogP contribution in [0.25, 0.3) is 0 Å². The quantitative estimate of drug-likeness (QED) is 0.349. The van der Waals surface area contributed by atoms with Crippen molar-refractivity contribution in [3.63, 3.8) is 0 Å². The van der Waals surface area contributed by atoms with Crippen molar-refractivity contribution in [2.45, 2.75) is 20.0 Å². The van der Waals surface area contributed by atoms with Crippen LogP contribution in [0.4, 0.5) is 0 Å². The molecular weight excluding hydrogens is 329 g/mol. The molecule has 1 N–H and O–H groups in total. The zero-order valence-corrected chi connectivity index (χ0v) is 11.4. The molecule has 0 saturated heterocycles. The average molecular weight is 342 g/mol. The van der Waals surface area contributed by atoms with Crippen molar-refractivity contribution < 1.29 is 12.9 Å². The first-order chi connectivity index (χ1) is 6.93. The summed E-state index contributed by atoms with van der Waals surface area (Å²) in [4.78, 5) is 0. The summed E-state index contributed by atoms with van der Waals surface area (Å²) in [5, 5.41) is 7.12. The van der Waals surface area contributed by atoms with Gasteiger partial charge in [0.05, 0.1) is 21.2 Å². The predicted molar refractivity (Wildman–Crippen MR) is 68.7 cm³/mol. The molecule has 0 fully saturated rings. The van der Waals surface area contributed by atoms with Crippen molar-refractivity contribution in [1.29, 1.82) is 5.41 Å². The molecular formula is C9H13INO3S-. The summed E-state index contributed by atoms with van der Waals surface area (Å²) in [6, 6.07) is 0. The summed E-state index contributed by atoms with van der Waals surface area (Å²) < 4.78 is 25.5. The lowest BCUT2D eigenvalue weighted by atomic mass is 10.1. The van der Waals surface area contributed by atoms with Crippen molar-refractivity contribution in [1.82, 2.24) is 0 Å². The van der Waals surface area contributed by atoms with Gasteiger partial charge in [-0.25, -0.2) is 4.21 Å². The summed E-state index contributed by atoms with van der Waals surface area (Å²) in [5.74, 6) is -0.00375. The van der Waals surface area contributed by atoms with Crippen molar-refractivity contribution in [2.75, 3.05) is 0 Å². The Labute approximate surface area is 106 Å². The second-order valence-corrected chi connectivity index (χ2v) is 4.72. The van der Waals surface area contributed by atoms with Crippen LogP contribution in [0.3, 0.4) is 0 Å². The number of rotatable bonds is 6. The van der Waals surface area contributed by atoms with Gasteiger partial charge in [0.15, 0.2) is 0 Å². The van der Waals surface area contributed by atoms with Crippen LogP contribution in [0.1, 0.15) is 13.8 Å². The van der Waals surface area contributed by atoms with Crippen LogP contribution in [-0.4, -0.2) is 18.6 Å². The maximum atomic E-state index is 10.2. The Bertz CT molecular complexity index is 291. The van der Waals surface area contributed by atoms with Crippen LogP contribution in [0.15, 0.2) is 24.3 Å². The van der Waals surface area contributed by atoms with E-state index in [2.05, 4.69) is 4.18 Å². The molecule has 0 aromatic rings. The van der Waals surface area contributed by atoms with E-state index in [-0.39, 0.29) is 12.0 Å². The fraction of sp³-hybridized carbons (Fsp3) is 0.444. The Hall–Kier alpha value is -0.0500. The summed E-state index contributed by atoms with van der Waals surface area (Å²) in [6.45, 7) is 3.55. The van der Waals surface area contributed by atoms with Gasteiger partial charge in [-0.15, -0.1) is 0 Å². The molecule has 0 spiro atoms. The largest absolute Gasteiger partial charge is 0.750 e. The van der Waals surface area contributed by atoms with E-state index in [1.807, 2.05) is 35.6 Å². The first-order valence-electron chi connectivity index (χ1n) is 4.28. The van der Waals surface area contributed by atoms with E-state index in [1.54, 1.807) is 25.2 Å². The fourth-order valence-corrected chi connectivity index (χ4v) is 1.38. The van der Waals surface area contributed by atoms with E-state index in [4.69, 9.17) is 5.41 Å². The smallest absolute Gasteiger partial charge is 0.0919 e. The van der Waals surface area contributed by atoms with Gasteiger partial charge in [0.2, 0.25) is 0 Å². The molecule has 0 aromatic heterocycles. The zero-order valence-electron chi connectivity index (χ0n) is 8.48. The highest BCUT2D eigenvalue weighted by Gasteiger charge is 2.09. The molecule has 3 atom stereocenters. The van der Waals surface area contributed by atoms with Crippen LogP contribution in [0.2, 0.25) is 0 Å². The lowest BCUT2D eigenvalue weighted by molar-refractivity contribution is 0.184. The molecule has 0 heterocycles. The highest BCUT2D eigenvalue weighted by molar-refractivity contribution is 14.1. The van der Waals surface area contributed by atoms with Gasteiger partial charge < -0.3 is 4.55 Å². The van der Waals surface area contributed by atoms with Gasteiger partial charge >= 0.3 is 0 Å². The van der Waals surface area contributed by atoms with Gasteiger partial charge in [-0.2, -0.15) is 0 Å². The molecule has 0 aliphatic heterocycles. The minimum atomic E-state index is -2.47. The molecule has 0 rings (SSSR count). The molecule has 0 aliphatic carbocycles. The van der Waals surface area contributed by atoms with E-state index in [1.165, 1.54) is 0 Å². The van der Waals surface area contributed by atoms with E-state index < -0.39 is 11.4 Å². The lowest BCUT2D eigenvalue weighted by Crippen LogP contribution is -2.17. The first kappa shape index (κ1) is 14.9. The molecule has 0 bridgehead atoms. The van der Waals surface area contributed by atoms with E-state index in [0.717, 1.165) is 0 Å². The topological polar surface area (TPSA) is 73.2 Å². The second-order valence-electron chi connectivity index (χ2n) is 2.96. The molecule has 0 aliphatic rings. The lowest BCUT2D eigenvalue weighted by Gasteiger charge is -2.17. The third-order valence-corrected chi connectivity index (χ3v) is 2.56. The molecule has 0 radical (unpaired) electrons. The minimum absolute atomic E-state index is 0.00375. The Balaban J connectivity index is 4.06. The van der Waals surface area contributed by atoms with Crippen LogP contribution < -0.4 is 0 Å². The van der Waals surface area contributed by atoms with Crippen LogP contribution in [0, 0.1) is 11.3 Å². The number of allylic oxidation sites excluding steroid dienone is 3. The molecule has 15 heavy (non-hydrogen) atoms. The van der Waals surface area contributed by atoms with Gasteiger partial charge in [-0.3, -0.25) is 9.59 Å². The van der Waals surface area contributed by atoms with Gasteiger partial charge in [0.1, 0.15) is 0 Å². The van der Waals surface area contributed by atoms with Gasteiger partial charge in [-0.05, 0) is 35.6 Å². The maximum absolute atomic E-state index is 10.2. The Kier molecular flexibility index (Phi) is 8.12. The molecule has 3 unspecified atom stereocenters. The summed E-state index contributed by atoms with van der Waals surface area (Å²) >= 11 is -0.583. The first-order valence-corrected chi connectivity index (χ1v) is 6.36. The van der Waals surface area contributed by atoms with Gasteiger partial charge in [0.25, 0.3) is 0 Å². The van der Waals surface area contributed by atoms with Crippen molar-refractivity contribution in [2.24, 2.45) is 5.92 Å². The Morgan fingerprint density at radius 1 is 1.53 bits per heavy atom. The van der Waals surface area contributed by atoms with E-state index in [0.29, 0.717) is 3.72 Å². The van der Waals surface area contributed by atoms with Crippen LogP contribution in [-0.2, 0) is 15.5 Å². The number of halogens is 1. The molecule has 4 nitrogen and oxygen atoms in total. The minimum Gasteiger partial charge on any atom is -0.750 e. The summed E-state index contributed by atoms with van der Waals surface area (Å²) in [6.07, 6.45) is 6.58. The molecule has 0 amide bonds. The van der Waals surface area contributed by atoms with Crippen LogP contribution in [0.5, 0.6) is 0 Å². The molecule has 86 valence electrons. The van der Waals surface area contributed by atoms with Crippen LogP contribution >= 0.6 is 22.6 Å². The number of hydrogen-bond acceptors (Lipinski definition) is 4. The van der Waals surface area contributed by atoms with Gasteiger partial charge in [0, 0.05) is 5.92 Å². The highest BCUT2D eigenvalue weighted by atomic mass is 127. The summed E-state index contributed by atoms with van der Waals surface area (Å²) in [5.41, 5.74) is 0. The highest BCUT2D eigenvalue weighted by Crippen LogP contribution is 2.09. The predicted octanol–water partition coefficient (Wildman–Crippen LogP) is 2.35. The Morgan fingerprint density at radius 2 is 2.13 bits per heavy atom.